The van der Waals surface area contributed by atoms with Crippen LogP contribution in [0.1, 0.15) is 24.1 Å². The van der Waals surface area contributed by atoms with E-state index >= 15 is 0 Å². The monoisotopic (exact) mass is 405 g/mol. The number of aliphatic hydroxyl groups is 1. The SMILES string of the molecule is C=C(C)C(CO)C(NP(=O)(c1ccccc1)c1ccccc1)c1cccc(C)c1. The lowest BCUT2D eigenvalue weighted by atomic mass is 9.89. The first kappa shape index (κ1) is 21.3. The van der Waals surface area contributed by atoms with Crippen molar-refractivity contribution >= 4 is 17.9 Å². The summed E-state index contributed by atoms with van der Waals surface area (Å²) in [7, 11) is -3.17. The maximum atomic E-state index is 14.5. The minimum atomic E-state index is -3.17. The van der Waals surface area contributed by atoms with Crippen LogP contribution >= 0.6 is 7.29 Å². The second-order valence-electron chi connectivity index (χ2n) is 7.44. The third-order valence-electron chi connectivity index (χ3n) is 5.19. The lowest BCUT2D eigenvalue weighted by Gasteiger charge is -2.32. The van der Waals surface area contributed by atoms with Crippen LogP contribution in [0.5, 0.6) is 0 Å². The van der Waals surface area contributed by atoms with Gasteiger partial charge in [-0.2, -0.15) is 0 Å². The van der Waals surface area contributed by atoms with Crippen LogP contribution in [0, 0.1) is 12.8 Å². The molecule has 3 rings (SSSR count). The van der Waals surface area contributed by atoms with Crippen molar-refractivity contribution in [2.24, 2.45) is 5.92 Å². The van der Waals surface area contributed by atoms with Gasteiger partial charge in [0.05, 0.1) is 6.61 Å². The van der Waals surface area contributed by atoms with Gasteiger partial charge in [0.2, 0.25) is 7.29 Å². The maximum Gasteiger partial charge on any atom is 0.205 e. The first-order chi connectivity index (χ1) is 14.0. The van der Waals surface area contributed by atoms with E-state index < -0.39 is 7.29 Å². The predicted octanol–water partition coefficient (Wildman–Crippen LogP) is 4.74. The van der Waals surface area contributed by atoms with Gasteiger partial charge in [-0.3, -0.25) is 9.65 Å². The van der Waals surface area contributed by atoms with Gasteiger partial charge in [0.15, 0.2) is 0 Å². The van der Waals surface area contributed by atoms with E-state index in [1.807, 2.05) is 92.7 Å². The molecule has 0 amide bonds. The Morgan fingerprint density at radius 1 is 0.966 bits per heavy atom. The number of hydrogen-bond donors (Lipinski definition) is 2. The summed E-state index contributed by atoms with van der Waals surface area (Å²) in [6.45, 7) is 7.94. The molecule has 2 atom stereocenters. The van der Waals surface area contributed by atoms with Gasteiger partial charge >= 0.3 is 0 Å². The van der Waals surface area contributed by atoms with Gasteiger partial charge < -0.3 is 5.11 Å². The van der Waals surface area contributed by atoms with Gasteiger partial charge in [0.1, 0.15) is 0 Å². The van der Waals surface area contributed by atoms with E-state index in [4.69, 9.17) is 0 Å². The normalized spacial score (nSPS) is 13.6. The summed E-state index contributed by atoms with van der Waals surface area (Å²) in [6, 6.07) is 26.8. The molecule has 3 aromatic carbocycles. The first-order valence-electron chi connectivity index (χ1n) is 9.77. The quantitative estimate of drug-likeness (QED) is 0.420. The van der Waals surface area contributed by atoms with Gasteiger partial charge in [-0.1, -0.05) is 78.4 Å². The second kappa shape index (κ2) is 9.37. The lowest BCUT2D eigenvalue weighted by Crippen LogP contribution is -2.35. The molecule has 0 spiro atoms. The van der Waals surface area contributed by atoms with Crippen molar-refractivity contribution in [1.82, 2.24) is 5.09 Å². The summed E-state index contributed by atoms with van der Waals surface area (Å²) in [5.74, 6) is -0.266. The lowest BCUT2D eigenvalue weighted by molar-refractivity contribution is 0.222. The number of rotatable bonds is 8. The fraction of sp³-hybridized carbons (Fsp3) is 0.200. The van der Waals surface area contributed by atoms with Gasteiger partial charge in [-0.25, -0.2) is 0 Å². The largest absolute Gasteiger partial charge is 0.396 e. The maximum absolute atomic E-state index is 14.5. The molecule has 3 aromatic rings. The molecule has 0 saturated heterocycles. The Bertz CT molecular complexity index is 958. The van der Waals surface area contributed by atoms with Crippen molar-refractivity contribution < 1.29 is 9.67 Å². The second-order valence-corrected chi connectivity index (χ2v) is 9.95. The highest BCUT2D eigenvalue weighted by atomic mass is 31.2. The molecule has 0 aliphatic rings. The molecule has 0 aliphatic carbocycles. The standard InChI is InChI=1S/C25H28NO2P/c1-19(2)24(18-27)25(21-12-10-11-20(3)17-21)26-29(28,22-13-6-4-7-14-22)23-15-8-5-9-16-23/h4-17,24-25,27H,1,18H2,2-3H3,(H,26,28). The van der Waals surface area contributed by atoms with Crippen LogP contribution in [0.3, 0.4) is 0 Å². The zero-order valence-corrected chi connectivity index (χ0v) is 17.8. The number of nitrogens with one attached hydrogen (secondary N) is 1. The number of benzene rings is 3. The average molecular weight is 405 g/mol. The van der Waals surface area contributed by atoms with Crippen molar-refractivity contribution in [3.63, 3.8) is 0 Å². The fourth-order valence-electron chi connectivity index (χ4n) is 3.58. The molecular weight excluding hydrogens is 377 g/mol. The third-order valence-corrected chi connectivity index (χ3v) is 7.89. The summed E-state index contributed by atoms with van der Waals surface area (Å²) >= 11 is 0. The molecule has 0 heterocycles. The van der Waals surface area contributed by atoms with Crippen LogP contribution in [-0.2, 0) is 4.57 Å². The molecule has 29 heavy (non-hydrogen) atoms. The van der Waals surface area contributed by atoms with Gasteiger partial charge in [-0.15, -0.1) is 0 Å². The fourth-order valence-corrected chi connectivity index (χ4v) is 6.08. The smallest absolute Gasteiger partial charge is 0.205 e. The van der Waals surface area contributed by atoms with Crippen molar-refractivity contribution in [2.45, 2.75) is 19.9 Å². The Kier molecular flexibility index (Phi) is 6.87. The summed E-state index contributed by atoms with van der Waals surface area (Å²) in [5, 5.41) is 15.1. The highest BCUT2D eigenvalue weighted by Crippen LogP contribution is 2.44. The Morgan fingerprint density at radius 2 is 1.52 bits per heavy atom. The van der Waals surface area contributed by atoms with Crippen LogP contribution in [0.2, 0.25) is 0 Å². The molecule has 150 valence electrons. The number of aliphatic hydroxyl groups excluding tert-OH is 1. The Labute approximate surface area is 173 Å². The van der Waals surface area contributed by atoms with Crippen LogP contribution < -0.4 is 15.7 Å². The number of hydrogen-bond acceptors (Lipinski definition) is 2. The minimum absolute atomic E-state index is 0.0788. The summed E-state index contributed by atoms with van der Waals surface area (Å²) in [6.07, 6.45) is 0. The molecule has 0 fully saturated rings. The topological polar surface area (TPSA) is 49.3 Å². The molecule has 0 saturated carbocycles. The minimum Gasteiger partial charge on any atom is -0.396 e. The molecule has 0 aliphatic heterocycles. The summed E-state index contributed by atoms with van der Waals surface area (Å²) in [4.78, 5) is 0. The van der Waals surface area contributed by atoms with E-state index in [2.05, 4.69) is 17.7 Å². The van der Waals surface area contributed by atoms with E-state index in [-0.39, 0.29) is 18.6 Å². The van der Waals surface area contributed by atoms with E-state index in [1.165, 1.54) is 0 Å². The number of aryl methyl sites for hydroxylation is 1. The molecule has 4 heteroatoms. The van der Waals surface area contributed by atoms with Gasteiger partial charge in [-0.05, 0) is 43.7 Å². The third kappa shape index (κ3) is 4.76. The van der Waals surface area contributed by atoms with Crippen molar-refractivity contribution in [3.05, 3.63) is 108 Å². The molecule has 0 bridgehead atoms. The highest BCUT2D eigenvalue weighted by Gasteiger charge is 2.34. The Hall–Kier alpha value is -2.45. The molecule has 2 unspecified atom stereocenters. The van der Waals surface area contributed by atoms with E-state index in [0.29, 0.717) is 0 Å². The van der Waals surface area contributed by atoms with E-state index in [0.717, 1.165) is 27.3 Å². The molecule has 2 N–H and O–H groups in total. The predicted molar refractivity (Wildman–Crippen MR) is 122 cm³/mol. The van der Waals surface area contributed by atoms with Crippen LogP contribution in [0.4, 0.5) is 0 Å². The Morgan fingerprint density at radius 3 is 1.97 bits per heavy atom. The zero-order chi connectivity index (χ0) is 20.9. The van der Waals surface area contributed by atoms with Gasteiger partial charge in [0, 0.05) is 22.6 Å². The van der Waals surface area contributed by atoms with E-state index in [1.54, 1.807) is 0 Å². The summed E-state index contributed by atoms with van der Waals surface area (Å²) < 4.78 is 14.5. The van der Waals surface area contributed by atoms with E-state index in [9.17, 15) is 9.67 Å². The average Bonchev–Trinajstić information content (AvgIpc) is 2.74. The van der Waals surface area contributed by atoms with Crippen LogP contribution in [0.15, 0.2) is 97.1 Å². The van der Waals surface area contributed by atoms with Crippen molar-refractivity contribution in [3.8, 4) is 0 Å². The van der Waals surface area contributed by atoms with Crippen molar-refractivity contribution in [2.75, 3.05) is 6.61 Å². The summed E-state index contributed by atoms with van der Waals surface area (Å²) in [5.41, 5.74) is 2.94. The van der Waals surface area contributed by atoms with Crippen molar-refractivity contribution in [1.29, 1.82) is 0 Å². The van der Waals surface area contributed by atoms with Gasteiger partial charge in [0.25, 0.3) is 0 Å². The molecule has 0 radical (unpaired) electrons. The molecule has 3 nitrogen and oxygen atoms in total. The van der Waals surface area contributed by atoms with Crippen LogP contribution in [0.25, 0.3) is 0 Å². The zero-order valence-electron chi connectivity index (χ0n) is 17.0. The Balaban J connectivity index is 2.16. The first-order valence-corrected chi connectivity index (χ1v) is 11.5. The highest BCUT2D eigenvalue weighted by molar-refractivity contribution is 7.76. The molecular formula is C25H28NO2P. The molecule has 0 aromatic heterocycles. The van der Waals surface area contributed by atoms with Crippen LogP contribution in [-0.4, -0.2) is 11.7 Å².